The molecule has 4 N–H and O–H groups in total. The number of rotatable bonds is 11. The number of carboxylic acid groups (broad SMARTS) is 1. The van der Waals surface area contributed by atoms with Crippen molar-refractivity contribution in [2.45, 2.75) is 88.3 Å². The maximum Gasteiger partial charge on any atom is 0.408 e. The van der Waals surface area contributed by atoms with Gasteiger partial charge in [0, 0.05) is 23.7 Å². The SMILES string of the molecule is CCC1CC1(NC(=O)[C@@H]1C[C@@H](C2c3cccc(F)c3CN2C(=O)O)CN1C(=O)[C@@H](Nc1cccc(C#N)c1)C(C)C)C(=O)NS(=O)(=O)C1CC1. The highest BCUT2D eigenvalue weighted by Gasteiger charge is 2.62. The number of carbonyl (C=O) groups is 4. The highest BCUT2D eigenvalue weighted by atomic mass is 32.2. The van der Waals surface area contributed by atoms with E-state index in [0.717, 1.165) is 4.90 Å². The zero-order valence-corrected chi connectivity index (χ0v) is 28.9. The van der Waals surface area contributed by atoms with Gasteiger partial charge in [-0.15, -0.1) is 0 Å². The Hall–Kier alpha value is -4.71. The predicted octanol–water partition coefficient (Wildman–Crippen LogP) is 3.48. The van der Waals surface area contributed by atoms with Crippen molar-refractivity contribution in [1.82, 2.24) is 19.8 Å². The van der Waals surface area contributed by atoms with Gasteiger partial charge in [-0.3, -0.25) is 24.0 Å². The second-order valence-electron chi connectivity index (χ2n) is 14.2. The first-order valence-electron chi connectivity index (χ1n) is 16.9. The van der Waals surface area contributed by atoms with Crippen LogP contribution in [0.4, 0.5) is 14.9 Å². The number of likely N-dealkylation sites (tertiary alicyclic amines) is 1. The topological polar surface area (TPSA) is 189 Å². The van der Waals surface area contributed by atoms with Crippen LogP contribution in [0, 0.1) is 34.9 Å². The number of fused-ring (bicyclic) bond motifs is 1. The summed E-state index contributed by atoms with van der Waals surface area (Å²) in [5.74, 6) is -3.73. The summed E-state index contributed by atoms with van der Waals surface area (Å²) in [5, 5.41) is 24.9. The van der Waals surface area contributed by atoms with Crippen molar-refractivity contribution in [3.8, 4) is 6.07 Å². The van der Waals surface area contributed by atoms with Gasteiger partial charge in [-0.2, -0.15) is 5.26 Å². The maximum absolute atomic E-state index is 14.9. The minimum atomic E-state index is -3.90. The third-order valence-electron chi connectivity index (χ3n) is 10.5. The van der Waals surface area contributed by atoms with Crippen molar-refractivity contribution >= 4 is 39.5 Å². The van der Waals surface area contributed by atoms with Crippen LogP contribution in [0.25, 0.3) is 0 Å². The van der Waals surface area contributed by atoms with Crippen LogP contribution < -0.4 is 15.4 Å². The Labute approximate surface area is 290 Å². The zero-order valence-electron chi connectivity index (χ0n) is 28.1. The van der Waals surface area contributed by atoms with Crippen molar-refractivity contribution in [3.05, 3.63) is 65.0 Å². The van der Waals surface area contributed by atoms with E-state index in [1.807, 2.05) is 20.8 Å². The molecule has 2 aliphatic carbocycles. The standard InChI is InChI=1S/C35H41FN6O7S/c1-4-22-15-35(22,33(45)40-50(48,49)24-11-12-24)39-31(43)28-14-21(30-25-9-6-10-27(36)26(25)18-42(30)34(46)47)17-41(28)32(44)29(19(2)3)38-23-8-5-7-20(13-23)16-37/h5-10,13,19,21-22,24,28-30,38H,4,11-12,14-15,17-18H2,1-3H3,(H,39,43)(H,40,45)(H,46,47)/t21-,22?,28+,29+,30?,35?/m1/s1. The number of nitriles is 1. The number of anilines is 1. The maximum atomic E-state index is 14.9. The van der Waals surface area contributed by atoms with E-state index in [4.69, 9.17) is 0 Å². The van der Waals surface area contributed by atoms with Gasteiger partial charge in [-0.05, 0) is 67.3 Å². The van der Waals surface area contributed by atoms with E-state index in [1.165, 1.54) is 17.0 Å². The normalized spacial score (nSPS) is 26.2. The number of carbonyl (C=O) groups excluding carboxylic acids is 3. The second kappa shape index (κ2) is 13.2. The Balaban J connectivity index is 1.33. The largest absolute Gasteiger partial charge is 0.465 e. The number of hydrogen-bond acceptors (Lipinski definition) is 8. The molecule has 6 rings (SSSR count). The summed E-state index contributed by atoms with van der Waals surface area (Å²) in [6, 6.07) is 10.2. The number of sulfonamides is 1. The van der Waals surface area contributed by atoms with Gasteiger partial charge < -0.3 is 20.6 Å². The summed E-state index contributed by atoms with van der Waals surface area (Å²) >= 11 is 0. The Morgan fingerprint density at radius 2 is 1.84 bits per heavy atom. The summed E-state index contributed by atoms with van der Waals surface area (Å²) in [4.78, 5) is 57.3. The van der Waals surface area contributed by atoms with Crippen molar-refractivity contribution in [3.63, 3.8) is 0 Å². The Kier molecular flexibility index (Phi) is 9.28. The Bertz CT molecular complexity index is 1880. The third kappa shape index (κ3) is 6.48. The molecule has 6 atom stereocenters. The zero-order chi connectivity index (χ0) is 36.1. The van der Waals surface area contributed by atoms with E-state index in [-0.39, 0.29) is 43.3 Å². The first kappa shape index (κ1) is 35.1. The van der Waals surface area contributed by atoms with Crippen LogP contribution in [0.15, 0.2) is 42.5 Å². The van der Waals surface area contributed by atoms with E-state index in [1.54, 1.807) is 30.3 Å². The van der Waals surface area contributed by atoms with Crippen molar-refractivity contribution in [2.75, 3.05) is 11.9 Å². The summed E-state index contributed by atoms with van der Waals surface area (Å²) in [5.41, 5.74) is 0.116. The molecule has 3 unspecified atom stereocenters. The molecule has 2 aromatic rings. The Morgan fingerprint density at radius 3 is 2.46 bits per heavy atom. The monoisotopic (exact) mass is 708 g/mol. The number of benzene rings is 2. The fraction of sp³-hybridized carbons (Fsp3) is 0.514. The molecule has 4 amide bonds. The summed E-state index contributed by atoms with van der Waals surface area (Å²) in [6.07, 6.45) is 0.350. The fourth-order valence-electron chi connectivity index (χ4n) is 7.59. The van der Waals surface area contributed by atoms with Crippen molar-refractivity contribution < 1.29 is 37.1 Å². The van der Waals surface area contributed by atoms with Gasteiger partial charge in [0.1, 0.15) is 23.4 Å². The highest BCUT2D eigenvalue weighted by Crippen LogP contribution is 2.48. The molecule has 50 heavy (non-hydrogen) atoms. The number of halogens is 1. The fourth-order valence-corrected chi connectivity index (χ4v) is 8.95. The molecule has 0 aromatic heterocycles. The number of nitrogens with one attached hydrogen (secondary N) is 3. The molecule has 0 bridgehead atoms. The third-order valence-corrected chi connectivity index (χ3v) is 12.4. The van der Waals surface area contributed by atoms with Gasteiger partial charge >= 0.3 is 6.09 Å². The molecule has 0 radical (unpaired) electrons. The van der Waals surface area contributed by atoms with Crippen LogP contribution in [-0.4, -0.2) is 76.6 Å². The minimum absolute atomic E-state index is 0.00553. The molecule has 1 saturated heterocycles. The Morgan fingerprint density at radius 1 is 1.12 bits per heavy atom. The smallest absolute Gasteiger partial charge is 0.408 e. The van der Waals surface area contributed by atoms with Crippen molar-refractivity contribution in [1.29, 1.82) is 5.26 Å². The van der Waals surface area contributed by atoms with Crippen LogP contribution >= 0.6 is 0 Å². The molecule has 2 aromatic carbocycles. The van der Waals surface area contributed by atoms with Gasteiger partial charge in [0.05, 0.1) is 29.5 Å². The van der Waals surface area contributed by atoms with E-state index in [0.29, 0.717) is 36.1 Å². The quantitative estimate of drug-likeness (QED) is 0.271. The van der Waals surface area contributed by atoms with Crippen molar-refractivity contribution in [2.24, 2.45) is 17.8 Å². The van der Waals surface area contributed by atoms with Gasteiger partial charge in [0.2, 0.25) is 21.8 Å². The van der Waals surface area contributed by atoms with Gasteiger partial charge in [-0.1, -0.05) is 45.4 Å². The lowest BCUT2D eigenvalue weighted by Crippen LogP contribution is -2.58. The number of amides is 4. The van der Waals surface area contributed by atoms with Crippen LogP contribution in [0.1, 0.15) is 75.6 Å². The van der Waals surface area contributed by atoms with Gasteiger partial charge in [0.15, 0.2) is 0 Å². The van der Waals surface area contributed by atoms with Crippen LogP contribution in [-0.2, 0) is 31.0 Å². The molecular formula is C35H41FN6O7S. The molecule has 266 valence electrons. The summed E-state index contributed by atoms with van der Waals surface area (Å²) in [7, 11) is -3.90. The van der Waals surface area contributed by atoms with E-state index in [9.17, 15) is 42.4 Å². The predicted molar refractivity (Wildman–Crippen MR) is 179 cm³/mol. The molecule has 2 saturated carbocycles. The second-order valence-corrected chi connectivity index (χ2v) is 16.1. The number of hydrogen-bond donors (Lipinski definition) is 4. The average molecular weight is 709 g/mol. The van der Waals surface area contributed by atoms with Gasteiger partial charge in [-0.25, -0.2) is 17.6 Å². The van der Waals surface area contributed by atoms with Gasteiger partial charge in [0.25, 0.3) is 5.91 Å². The minimum Gasteiger partial charge on any atom is -0.465 e. The molecule has 13 nitrogen and oxygen atoms in total. The number of nitrogens with zero attached hydrogens (tertiary/aromatic N) is 3. The molecule has 2 aliphatic heterocycles. The summed E-state index contributed by atoms with van der Waals surface area (Å²) < 4.78 is 42.4. The highest BCUT2D eigenvalue weighted by molar-refractivity contribution is 7.91. The lowest BCUT2D eigenvalue weighted by atomic mass is 9.90. The molecule has 15 heteroatoms. The van der Waals surface area contributed by atoms with E-state index in [2.05, 4.69) is 21.4 Å². The summed E-state index contributed by atoms with van der Waals surface area (Å²) in [6.45, 7) is 5.25. The average Bonchev–Trinajstić information content (AvgIpc) is 3.97. The molecule has 2 heterocycles. The molecular weight excluding hydrogens is 667 g/mol. The van der Waals surface area contributed by atoms with E-state index >= 15 is 0 Å². The molecule has 0 spiro atoms. The van der Waals surface area contributed by atoms with Crippen LogP contribution in [0.3, 0.4) is 0 Å². The van der Waals surface area contributed by atoms with Crippen LogP contribution in [0.5, 0.6) is 0 Å². The molecule has 4 aliphatic rings. The first-order valence-corrected chi connectivity index (χ1v) is 18.5. The lowest BCUT2D eigenvalue weighted by Gasteiger charge is -2.32. The first-order chi connectivity index (χ1) is 23.7. The van der Waals surface area contributed by atoms with Crippen LogP contribution in [0.2, 0.25) is 0 Å². The lowest BCUT2D eigenvalue weighted by molar-refractivity contribution is -0.140. The molecule has 3 fully saturated rings. The van der Waals surface area contributed by atoms with E-state index < -0.39 is 74.5 Å².